The minimum absolute atomic E-state index is 0.286. The highest BCUT2D eigenvalue weighted by Gasteiger charge is 2.27. The molecule has 0 aromatic heterocycles. The Kier molecular flexibility index (Phi) is 3.71. The highest BCUT2D eigenvalue weighted by molar-refractivity contribution is 5.67. The first-order valence-corrected chi connectivity index (χ1v) is 4.53. The highest BCUT2D eigenvalue weighted by atomic mass is 16.4. The molecule has 1 rings (SSSR count). The predicted octanol–water partition coefficient (Wildman–Crippen LogP) is 0.697. The third-order valence-electron chi connectivity index (χ3n) is 2.26. The van der Waals surface area contributed by atoms with Crippen molar-refractivity contribution in [2.75, 3.05) is 19.6 Å². The van der Waals surface area contributed by atoms with E-state index in [1.807, 2.05) is 0 Å². The number of nitriles is 1. The van der Waals surface area contributed by atoms with Crippen molar-refractivity contribution >= 4 is 5.97 Å². The van der Waals surface area contributed by atoms with Gasteiger partial charge in [0.05, 0.1) is 12.5 Å². The lowest BCUT2D eigenvalue weighted by molar-refractivity contribution is -0.139. The van der Waals surface area contributed by atoms with Gasteiger partial charge >= 0.3 is 5.97 Å². The summed E-state index contributed by atoms with van der Waals surface area (Å²) in [6.45, 7) is 2.71. The van der Waals surface area contributed by atoms with E-state index >= 15 is 0 Å². The van der Waals surface area contributed by atoms with Crippen LogP contribution in [0.1, 0.15) is 19.3 Å². The lowest BCUT2D eigenvalue weighted by Gasteiger charge is -2.38. The van der Waals surface area contributed by atoms with Crippen LogP contribution >= 0.6 is 0 Å². The molecule has 4 nitrogen and oxygen atoms in total. The Bertz CT molecular complexity index is 216. The summed E-state index contributed by atoms with van der Waals surface area (Å²) in [6.07, 6.45) is 1.78. The molecule has 0 spiro atoms. The normalized spacial score (nSPS) is 17.8. The van der Waals surface area contributed by atoms with E-state index in [4.69, 9.17) is 10.4 Å². The molecule has 72 valence electrons. The third kappa shape index (κ3) is 3.43. The summed E-state index contributed by atoms with van der Waals surface area (Å²) in [4.78, 5) is 12.5. The lowest BCUT2D eigenvalue weighted by Crippen LogP contribution is -2.47. The van der Waals surface area contributed by atoms with Crippen LogP contribution in [0.5, 0.6) is 0 Å². The molecule has 1 fully saturated rings. The van der Waals surface area contributed by atoms with E-state index < -0.39 is 5.97 Å². The Morgan fingerprint density at radius 2 is 2.31 bits per heavy atom. The summed E-state index contributed by atoms with van der Waals surface area (Å²) in [5, 5.41) is 16.8. The molecule has 0 aromatic rings. The maximum Gasteiger partial charge on any atom is 0.303 e. The van der Waals surface area contributed by atoms with Gasteiger partial charge in [0.15, 0.2) is 0 Å². The Morgan fingerprint density at radius 1 is 1.62 bits per heavy atom. The number of unbranched alkanes of at least 4 members (excludes halogenated alkanes) is 1. The molecule has 13 heavy (non-hydrogen) atoms. The van der Waals surface area contributed by atoms with Crippen molar-refractivity contribution in [1.82, 2.24) is 4.90 Å². The van der Waals surface area contributed by atoms with Gasteiger partial charge in [-0.25, -0.2) is 0 Å². The molecule has 0 radical (unpaired) electrons. The number of aliphatic carboxylic acids is 1. The molecule has 0 aromatic carbocycles. The van der Waals surface area contributed by atoms with Gasteiger partial charge in [-0.1, -0.05) is 0 Å². The summed E-state index contributed by atoms with van der Waals surface area (Å²) in [5.41, 5.74) is 0. The molecule has 1 heterocycles. The number of likely N-dealkylation sites (tertiary alicyclic amines) is 1. The molecule has 1 aliphatic heterocycles. The van der Waals surface area contributed by atoms with Crippen LogP contribution < -0.4 is 0 Å². The topological polar surface area (TPSA) is 64.3 Å². The highest BCUT2D eigenvalue weighted by Crippen LogP contribution is 2.18. The van der Waals surface area contributed by atoms with Crippen LogP contribution in [-0.4, -0.2) is 35.6 Å². The molecule has 0 amide bonds. The summed E-state index contributed by atoms with van der Waals surface area (Å²) >= 11 is 0. The average molecular weight is 182 g/mol. The maximum absolute atomic E-state index is 10.3. The smallest absolute Gasteiger partial charge is 0.303 e. The second kappa shape index (κ2) is 4.83. The van der Waals surface area contributed by atoms with Gasteiger partial charge in [-0.2, -0.15) is 5.26 Å². The number of carbonyl (C=O) groups is 1. The van der Waals surface area contributed by atoms with Crippen molar-refractivity contribution in [3.63, 3.8) is 0 Å². The van der Waals surface area contributed by atoms with Crippen molar-refractivity contribution in [3.8, 4) is 6.07 Å². The molecule has 0 unspecified atom stereocenters. The van der Waals surface area contributed by atoms with E-state index in [2.05, 4.69) is 11.0 Å². The first-order chi connectivity index (χ1) is 6.22. The molecule has 0 saturated carbocycles. The zero-order valence-corrected chi connectivity index (χ0v) is 7.57. The van der Waals surface area contributed by atoms with Crippen molar-refractivity contribution in [1.29, 1.82) is 5.26 Å². The van der Waals surface area contributed by atoms with Crippen molar-refractivity contribution in [3.05, 3.63) is 0 Å². The summed E-state index contributed by atoms with van der Waals surface area (Å²) in [6, 6.07) is 2.09. The predicted molar refractivity (Wildman–Crippen MR) is 47.0 cm³/mol. The molecule has 1 aliphatic rings. The molecule has 0 atom stereocenters. The quantitative estimate of drug-likeness (QED) is 0.635. The van der Waals surface area contributed by atoms with E-state index in [0.717, 1.165) is 26.1 Å². The van der Waals surface area contributed by atoms with E-state index in [9.17, 15) is 4.79 Å². The molecular formula is C9H14N2O2. The van der Waals surface area contributed by atoms with E-state index in [0.29, 0.717) is 12.3 Å². The number of nitrogens with zero attached hydrogens (tertiary/aromatic N) is 2. The molecule has 0 bridgehead atoms. The third-order valence-corrected chi connectivity index (χ3v) is 2.26. The number of hydrogen-bond donors (Lipinski definition) is 1. The standard InChI is InChI=1S/C9H14N2O2/c10-3-1-2-4-11-6-8(7-11)5-9(12)13/h8H,1-2,4-7H2,(H,12,13). The van der Waals surface area contributed by atoms with Gasteiger partial charge in [-0.3, -0.25) is 4.79 Å². The monoisotopic (exact) mass is 182 g/mol. The van der Waals surface area contributed by atoms with Crippen LogP contribution in [0.4, 0.5) is 0 Å². The Labute approximate surface area is 77.8 Å². The van der Waals surface area contributed by atoms with Crippen LogP contribution in [0.3, 0.4) is 0 Å². The van der Waals surface area contributed by atoms with Gasteiger partial charge in [0, 0.05) is 19.5 Å². The van der Waals surface area contributed by atoms with Crippen molar-refractivity contribution in [2.45, 2.75) is 19.3 Å². The second-order valence-corrected chi connectivity index (χ2v) is 3.49. The molecule has 1 saturated heterocycles. The second-order valence-electron chi connectivity index (χ2n) is 3.49. The fourth-order valence-corrected chi connectivity index (χ4v) is 1.62. The minimum atomic E-state index is -0.707. The van der Waals surface area contributed by atoms with E-state index in [1.54, 1.807) is 0 Å². The maximum atomic E-state index is 10.3. The van der Waals surface area contributed by atoms with Crippen LogP contribution in [0, 0.1) is 17.2 Å². The first kappa shape index (κ1) is 10.0. The fraction of sp³-hybridized carbons (Fsp3) is 0.778. The largest absolute Gasteiger partial charge is 0.481 e. The number of carboxylic acid groups (broad SMARTS) is 1. The van der Waals surface area contributed by atoms with Crippen molar-refractivity contribution < 1.29 is 9.90 Å². The minimum Gasteiger partial charge on any atom is -0.481 e. The van der Waals surface area contributed by atoms with E-state index in [-0.39, 0.29) is 6.42 Å². The zero-order valence-electron chi connectivity index (χ0n) is 7.57. The number of hydrogen-bond acceptors (Lipinski definition) is 3. The molecule has 0 aliphatic carbocycles. The lowest BCUT2D eigenvalue weighted by atomic mass is 9.96. The van der Waals surface area contributed by atoms with Gasteiger partial charge in [0.2, 0.25) is 0 Å². The fourth-order valence-electron chi connectivity index (χ4n) is 1.62. The van der Waals surface area contributed by atoms with E-state index in [1.165, 1.54) is 0 Å². The SMILES string of the molecule is N#CCCCN1CC(CC(=O)O)C1. The van der Waals surface area contributed by atoms with Crippen molar-refractivity contribution in [2.24, 2.45) is 5.92 Å². The first-order valence-electron chi connectivity index (χ1n) is 4.53. The van der Waals surface area contributed by atoms with Gasteiger partial charge in [0.1, 0.15) is 0 Å². The molecule has 4 heteroatoms. The number of rotatable bonds is 5. The Balaban J connectivity index is 1.99. The Hall–Kier alpha value is -1.08. The Morgan fingerprint density at radius 3 is 2.85 bits per heavy atom. The van der Waals surface area contributed by atoms with Crippen LogP contribution in [0.2, 0.25) is 0 Å². The van der Waals surface area contributed by atoms with Gasteiger partial charge in [-0.15, -0.1) is 0 Å². The van der Waals surface area contributed by atoms with Gasteiger partial charge in [0.25, 0.3) is 0 Å². The molecule has 1 N–H and O–H groups in total. The summed E-state index contributed by atoms with van der Waals surface area (Å²) < 4.78 is 0. The van der Waals surface area contributed by atoms with Gasteiger partial charge < -0.3 is 10.0 Å². The molecular weight excluding hydrogens is 168 g/mol. The summed E-state index contributed by atoms with van der Waals surface area (Å²) in [5.74, 6) is -0.374. The van der Waals surface area contributed by atoms with Crippen LogP contribution in [-0.2, 0) is 4.79 Å². The zero-order chi connectivity index (χ0) is 9.68. The average Bonchev–Trinajstić information content (AvgIpc) is 1.99. The van der Waals surface area contributed by atoms with Crippen LogP contribution in [0.15, 0.2) is 0 Å². The van der Waals surface area contributed by atoms with Crippen LogP contribution in [0.25, 0.3) is 0 Å². The summed E-state index contributed by atoms with van der Waals surface area (Å²) in [7, 11) is 0. The number of carboxylic acids is 1. The van der Waals surface area contributed by atoms with Gasteiger partial charge in [-0.05, 0) is 18.9 Å².